The second-order valence-electron chi connectivity index (χ2n) is 6.40. The number of furan rings is 1. The first kappa shape index (κ1) is 19.1. The predicted octanol–water partition coefficient (Wildman–Crippen LogP) is 2.35. The smallest absolute Gasteiger partial charge is 0.225 e. The second kappa shape index (κ2) is 9.29. The molecule has 1 saturated heterocycles. The molecule has 2 N–H and O–H groups in total. The van der Waals surface area contributed by atoms with Crippen LogP contribution < -0.4 is 10.6 Å². The van der Waals surface area contributed by atoms with Crippen LogP contribution in [0.3, 0.4) is 0 Å². The highest BCUT2D eigenvalue weighted by Gasteiger charge is 2.32. The third-order valence-electron chi connectivity index (χ3n) is 4.78. The van der Waals surface area contributed by atoms with Gasteiger partial charge in [-0.25, -0.2) is 0 Å². The number of halogens is 1. The Morgan fingerprint density at radius 1 is 1.38 bits per heavy atom. The number of hydrogen-bond acceptors (Lipinski definition) is 3. The molecule has 1 aromatic heterocycles. The predicted molar refractivity (Wildman–Crippen MR) is 104 cm³/mol. The van der Waals surface area contributed by atoms with Crippen molar-refractivity contribution in [3.8, 4) is 0 Å². The summed E-state index contributed by atoms with van der Waals surface area (Å²) in [6, 6.07) is 4.07. The highest BCUT2D eigenvalue weighted by Crippen LogP contribution is 2.27. The maximum Gasteiger partial charge on any atom is 0.225 e. The maximum absolute atomic E-state index is 12.5. The van der Waals surface area contributed by atoms with Crippen LogP contribution in [0.1, 0.15) is 37.9 Å². The summed E-state index contributed by atoms with van der Waals surface area (Å²) in [5.74, 6) is 2.24. The van der Waals surface area contributed by atoms with E-state index in [1.807, 2.05) is 17.0 Å². The molecule has 3 rings (SSSR count). The zero-order chi connectivity index (χ0) is 16.1. The molecular weight excluding hydrogens is 419 g/mol. The lowest BCUT2D eigenvalue weighted by Crippen LogP contribution is -2.45. The van der Waals surface area contributed by atoms with Gasteiger partial charge in [0.15, 0.2) is 5.96 Å². The van der Waals surface area contributed by atoms with Crippen molar-refractivity contribution >= 4 is 35.8 Å². The Hall–Kier alpha value is -1.25. The molecule has 2 heterocycles. The first-order valence-electron chi connectivity index (χ1n) is 8.54. The van der Waals surface area contributed by atoms with Gasteiger partial charge in [-0.1, -0.05) is 12.8 Å². The van der Waals surface area contributed by atoms with Crippen LogP contribution in [-0.2, 0) is 11.3 Å². The van der Waals surface area contributed by atoms with E-state index in [9.17, 15) is 4.79 Å². The third kappa shape index (κ3) is 4.87. The minimum atomic E-state index is 0. The van der Waals surface area contributed by atoms with E-state index >= 15 is 0 Å². The van der Waals surface area contributed by atoms with E-state index in [0.29, 0.717) is 12.5 Å². The number of amides is 1. The van der Waals surface area contributed by atoms with Crippen LogP contribution >= 0.6 is 24.0 Å². The van der Waals surface area contributed by atoms with Crippen LogP contribution in [0.2, 0.25) is 0 Å². The van der Waals surface area contributed by atoms with Crippen molar-refractivity contribution in [2.75, 3.05) is 20.1 Å². The van der Waals surface area contributed by atoms with Crippen LogP contribution in [-0.4, -0.2) is 42.9 Å². The molecule has 2 fully saturated rings. The van der Waals surface area contributed by atoms with Crippen molar-refractivity contribution in [2.24, 2.45) is 10.9 Å². The summed E-state index contributed by atoms with van der Waals surface area (Å²) in [6.07, 6.45) is 7.18. The Morgan fingerprint density at radius 2 is 2.17 bits per heavy atom. The minimum Gasteiger partial charge on any atom is -0.467 e. The van der Waals surface area contributed by atoms with E-state index in [1.54, 1.807) is 13.3 Å². The summed E-state index contributed by atoms with van der Waals surface area (Å²) < 4.78 is 5.31. The molecule has 1 unspecified atom stereocenters. The van der Waals surface area contributed by atoms with Crippen molar-refractivity contribution in [3.63, 3.8) is 0 Å². The van der Waals surface area contributed by atoms with Gasteiger partial charge >= 0.3 is 0 Å². The summed E-state index contributed by atoms with van der Waals surface area (Å²) in [5, 5.41) is 6.65. The Morgan fingerprint density at radius 3 is 2.83 bits per heavy atom. The van der Waals surface area contributed by atoms with Gasteiger partial charge in [0.1, 0.15) is 5.76 Å². The molecule has 0 radical (unpaired) electrons. The Kier molecular flexibility index (Phi) is 7.39. The topological polar surface area (TPSA) is 69.9 Å². The average molecular weight is 446 g/mol. The third-order valence-corrected chi connectivity index (χ3v) is 4.78. The molecule has 7 heteroatoms. The number of carbonyl (C=O) groups excluding carboxylic acids is 1. The number of rotatable bonds is 4. The molecule has 2 aliphatic rings. The largest absolute Gasteiger partial charge is 0.467 e. The van der Waals surface area contributed by atoms with Gasteiger partial charge in [-0.3, -0.25) is 9.79 Å². The van der Waals surface area contributed by atoms with Crippen molar-refractivity contribution < 1.29 is 9.21 Å². The number of nitrogens with zero attached hydrogens (tertiary/aromatic N) is 2. The Labute approximate surface area is 160 Å². The molecule has 1 aliphatic heterocycles. The fraction of sp³-hybridized carbons (Fsp3) is 0.647. The summed E-state index contributed by atoms with van der Waals surface area (Å²) >= 11 is 0. The molecule has 1 atom stereocenters. The molecule has 6 nitrogen and oxygen atoms in total. The molecule has 1 saturated carbocycles. The van der Waals surface area contributed by atoms with Gasteiger partial charge in [-0.05, 0) is 31.4 Å². The maximum atomic E-state index is 12.5. The average Bonchev–Trinajstić information content (AvgIpc) is 3.33. The number of hydrogen-bond donors (Lipinski definition) is 2. The molecule has 1 aliphatic carbocycles. The fourth-order valence-electron chi connectivity index (χ4n) is 3.48. The lowest BCUT2D eigenvalue weighted by molar-refractivity contribution is -0.134. The SMILES string of the molecule is CN=C(NCc1ccco1)NC1CCN(C(=O)C2CCCC2)C1.I. The van der Waals surface area contributed by atoms with Gasteiger partial charge in [0.25, 0.3) is 0 Å². The lowest BCUT2D eigenvalue weighted by atomic mass is 10.1. The minimum absolute atomic E-state index is 0. The Bertz CT molecular complexity index is 541. The summed E-state index contributed by atoms with van der Waals surface area (Å²) in [6.45, 7) is 2.23. The van der Waals surface area contributed by atoms with Gasteiger partial charge in [-0.15, -0.1) is 24.0 Å². The first-order chi connectivity index (χ1) is 11.3. The normalized spacial score (nSPS) is 21.6. The Balaban J connectivity index is 0.00000208. The monoisotopic (exact) mass is 446 g/mol. The van der Waals surface area contributed by atoms with Crippen molar-refractivity contribution in [2.45, 2.75) is 44.7 Å². The van der Waals surface area contributed by atoms with E-state index in [2.05, 4.69) is 15.6 Å². The summed E-state index contributed by atoms with van der Waals surface area (Å²) in [7, 11) is 1.76. The van der Waals surface area contributed by atoms with Gasteiger partial charge in [0.2, 0.25) is 5.91 Å². The van der Waals surface area contributed by atoms with Gasteiger partial charge in [0.05, 0.1) is 12.8 Å². The van der Waals surface area contributed by atoms with E-state index in [-0.39, 0.29) is 35.9 Å². The number of nitrogens with one attached hydrogen (secondary N) is 2. The second-order valence-corrected chi connectivity index (χ2v) is 6.40. The quantitative estimate of drug-likeness (QED) is 0.424. The van der Waals surface area contributed by atoms with Crippen LogP contribution in [0.4, 0.5) is 0 Å². The van der Waals surface area contributed by atoms with Crippen LogP contribution in [0.5, 0.6) is 0 Å². The van der Waals surface area contributed by atoms with E-state index in [0.717, 1.165) is 44.1 Å². The molecule has 0 aromatic carbocycles. The summed E-state index contributed by atoms with van der Waals surface area (Å²) in [4.78, 5) is 18.7. The fourth-order valence-corrected chi connectivity index (χ4v) is 3.48. The number of likely N-dealkylation sites (tertiary alicyclic amines) is 1. The number of guanidine groups is 1. The molecule has 0 spiro atoms. The van der Waals surface area contributed by atoms with Crippen molar-refractivity contribution in [1.29, 1.82) is 0 Å². The van der Waals surface area contributed by atoms with E-state index in [1.165, 1.54) is 12.8 Å². The van der Waals surface area contributed by atoms with Crippen molar-refractivity contribution in [1.82, 2.24) is 15.5 Å². The zero-order valence-corrected chi connectivity index (χ0v) is 16.5. The van der Waals surface area contributed by atoms with Crippen LogP contribution in [0.25, 0.3) is 0 Å². The molecule has 24 heavy (non-hydrogen) atoms. The lowest BCUT2D eigenvalue weighted by Gasteiger charge is -2.21. The van der Waals surface area contributed by atoms with Crippen LogP contribution in [0, 0.1) is 5.92 Å². The molecular formula is C17H27IN4O2. The zero-order valence-electron chi connectivity index (χ0n) is 14.2. The molecule has 1 amide bonds. The first-order valence-corrected chi connectivity index (χ1v) is 8.54. The molecule has 1 aromatic rings. The van der Waals surface area contributed by atoms with Gasteiger partial charge in [0, 0.05) is 32.1 Å². The van der Waals surface area contributed by atoms with Crippen LogP contribution in [0.15, 0.2) is 27.8 Å². The van der Waals surface area contributed by atoms with E-state index < -0.39 is 0 Å². The van der Waals surface area contributed by atoms with Crippen molar-refractivity contribution in [3.05, 3.63) is 24.2 Å². The highest BCUT2D eigenvalue weighted by molar-refractivity contribution is 14.0. The van der Waals surface area contributed by atoms with E-state index in [4.69, 9.17) is 4.42 Å². The van der Waals surface area contributed by atoms with Gasteiger partial charge < -0.3 is 20.0 Å². The standard InChI is InChI=1S/C17H26N4O2.HI/c1-18-17(19-11-15-7-4-10-23-15)20-14-8-9-21(12-14)16(22)13-5-2-3-6-13;/h4,7,10,13-14H,2-3,5-6,8-9,11-12H2,1H3,(H2,18,19,20);1H. The summed E-state index contributed by atoms with van der Waals surface area (Å²) in [5.41, 5.74) is 0. The molecule has 0 bridgehead atoms. The molecule has 134 valence electrons. The van der Waals surface area contributed by atoms with Gasteiger partial charge in [-0.2, -0.15) is 0 Å². The number of aliphatic imine (C=N–C) groups is 1. The highest BCUT2D eigenvalue weighted by atomic mass is 127. The number of carbonyl (C=O) groups is 1.